The molecule has 1 unspecified atom stereocenters. The van der Waals surface area contributed by atoms with E-state index in [9.17, 15) is 14.9 Å². The van der Waals surface area contributed by atoms with E-state index in [4.69, 9.17) is 9.47 Å². The number of ether oxygens (including phenoxy) is 2. The summed E-state index contributed by atoms with van der Waals surface area (Å²) in [7, 11) is 1.43. The van der Waals surface area contributed by atoms with Crippen molar-refractivity contribution in [3.05, 3.63) is 33.9 Å². The number of benzene rings is 1. The molecule has 0 spiro atoms. The van der Waals surface area contributed by atoms with E-state index in [0.717, 1.165) is 13.1 Å². The number of hydrogen-bond donors (Lipinski definition) is 1. The number of nitro benzene ring substituents is 1. The first-order valence-electron chi connectivity index (χ1n) is 8.36. The molecule has 138 valence electrons. The summed E-state index contributed by atoms with van der Waals surface area (Å²) in [5.41, 5.74) is 0.0284. The maximum atomic E-state index is 12.6. The fourth-order valence-corrected chi connectivity index (χ4v) is 2.98. The van der Waals surface area contributed by atoms with Crippen LogP contribution in [0.25, 0.3) is 0 Å². The minimum absolute atomic E-state index is 0.139. The van der Waals surface area contributed by atoms with Gasteiger partial charge in [0.2, 0.25) is 0 Å². The molecular weight excluding hydrogens is 326 g/mol. The summed E-state index contributed by atoms with van der Waals surface area (Å²) >= 11 is 0. The van der Waals surface area contributed by atoms with Gasteiger partial charge in [-0.2, -0.15) is 0 Å². The molecule has 1 N–H and O–H groups in total. The van der Waals surface area contributed by atoms with Crippen LogP contribution in [0.5, 0.6) is 5.75 Å². The number of morpholine rings is 1. The van der Waals surface area contributed by atoms with E-state index >= 15 is 0 Å². The average Bonchev–Trinajstić information content (AvgIpc) is 2.61. The molecule has 2 rings (SSSR count). The molecule has 8 heteroatoms. The zero-order chi connectivity index (χ0) is 18.4. The summed E-state index contributed by atoms with van der Waals surface area (Å²) in [5, 5.41) is 13.8. The van der Waals surface area contributed by atoms with E-state index in [1.807, 2.05) is 0 Å². The van der Waals surface area contributed by atoms with Crippen LogP contribution in [-0.2, 0) is 4.74 Å². The van der Waals surface area contributed by atoms with E-state index in [0.29, 0.717) is 31.4 Å². The standard InChI is InChI=1S/C17H25N3O5/c1-12(2)15(19-6-8-25-9-7-19)11-18-17(21)14-10-13(20(22)23)4-5-16(14)24-3/h4-5,10,12,15H,6-9,11H2,1-3H3,(H,18,21). The molecule has 0 radical (unpaired) electrons. The Hall–Kier alpha value is -2.19. The van der Waals surface area contributed by atoms with Crippen LogP contribution in [0.4, 0.5) is 5.69 Å². The van der Waals surface area contributed by atoms with Crippen molar-refractivity contribution in [2.75, 3.05) is 40.0 Å². The van der Waals surface area contributed by atoms with Gasteiger partial charge in [0.05, 0.1) is 30.8 Å². The van der Waals surface area contributed by atoms with Gasteiger partial charge in [0, 0.05) is 37.8 Å². The second-order valence-corrected chi connectivity index (χ2v) is 6.31. The second kappa shape index (κ2) is 8.77. The molecule has 1 aliphatic rings. The first-order chi connectivity index (χ1) is 11.9. The van der Waals surface area contributed by atoms with Crippen LogP contribution in [0.3, 0.4) is 0 Å². The quantitative estimate of drug-likeness (QED) is 0.593. The number of hydrogen-bond acceptors (Lipinski definition) is 6. The van der Waals surface area contributed by atoms with Gasteiger partial charge in [0.15, 0.2) is 0 Å². The molecule has 25 heavy (non-hydrogen) atoms. The van der Waals surface area contributed by atoms with Crippen LogP contribution in [0.2, 0.25) is 0 Å². The molecule has 1 aromatic rings. The highest BCUT2D eigenvalue weighted by Gasteiger charge is 2.25. The SMILES string of the molecule is COc1ccc([N+](=O)[O-])cc1C(=O)NCC(C(C)C)N1CCOCC1. The molecule has 1 aliphatic heterocycles. The molecule has 1 saturated heterocycles. The fourth-order valence-electron chi connectivity index (χ4n) is 2.98. The molecule has 0 saturated carbocycles. The van der Waals surface area contributed by atoms with Gasteiger partial charge in [0.25, 0.3) is 11.6 Å². The second-order valence-electron chi connectivity index (χ2n) is 6.31. The van der Waals surface area contributed by atoms with E-state index in [1.165, 1.54) is 25.3 Å². The Morgan fingerprint density at radius 1 is 1.40 bits per heavy atom. The number of non-ortho nitro benzene ring substituents is 1. The number of nitrogens with one attached hydrogen (secondary N) is 1. The van der Waals surface area contributed by atoms with Crippen LogP contribution in [0.1, 0.15) is 24.2 Å². The summed E-state index contributed by atoms with van der Waals surface area (Å²) in [6, 6.07) is 4.18. The molecule has 0 aliphatic carbocycles. The Kier molecular flexibility index (Phi) is 6.72. The molecule has 1 atom stereocenters. The predicted molar refractivity (Wildman–Crippen MR) is 93.0 cm³/mol. The van der Waals surface area contributed by atoms with E-state index in [-0.39, 0.29) is 23.2 Å². The Bertz CT molecular complexity index is 614. The fraction of sp³-hybridized carbons (Fsp3) is 0.588. The van der Waals surface area contributed by atoms with Gasteiger partial charge in [-0.1, -0.05) is 13.8 Å². The lowest BCUT2D eigenvalue weighted by molar-refractivity contribution is -0.384. The van der Waals surface area contributed by atoms with Gasteiger partial charge in [-0.3, -0.25) is 19.8 Å². The monoisotopic (exact) mass is 351 g/mol. The van der Waals surface area contributed by atoms with Gasteiger partial charge in [-0.05, 0) is 12.0 Å². The summed E-state index contributed by atoms with van der Waals surface area (Å²) in [6.07, 6.45) is 0. The molecule has 0 bridgehead atoms. The Morgan fingerprint density at radius 2 is 2.08 bits per heavy atom. The molecule has 0 aromatic heterocycles. The topological polar surface area (TPSA) is 93.9 Å². The molecule has 8 nitrogen and oxygen atoms in total. The van der Waals surface area contributed by atoms with Crippen LogP contribution >= 0.6 is 0 Å². The van der Waals surface area contributed by atoms with E-state index in [1.54, 1.807) is 0 Å². The zero-order valence-corrected chi connectivity index (χ0v) is 14.9. The van der Waals surface area contributed by atoms with E-state index < -0.39 is 4.92 Å². The molecule has 1 aromatic carbocycles. The maximum Gasteiger partial charge on any atom is 0.270 e. The van der Waals surface area contributed by atoms with Gasteiger partial charge in [-0.15, -0.1) is 0 Å². The lowest BCUT2D eigenvalue weighted by Crippen LogP contribution is -2.51. The smallest absolute Gasteiger partial charge is 0.270 e. The largest absolute Gasteiger partial charge is 0.496 e. The Morgan fingerprint density at radius 3 is 2.64 bits per heavy atom. The molecular formula is C17H25N3O5. The average molecular weight is 351 g/mol. The first-order valence-corrected chi connectivity index (χ1v) is 8.36. The van der Waals surface area contributed by atoms with Gasteiger partial charge >= 0.3 is 0 Å². The maximum absolute atomic E-state index is 12.6. The van der Waals surface area contributed by atoms with Crippen molar-refractivity contribution in [2.45, 2.75) is 19.9 Å². The third-order valence-corrected chi connectivity index (χ3v) is 4.39. The van der Waals surface area contributed by atoms with E-state index in [2.05, 4.69) is 24.1 Å². The van der Waals surface area contributed by atoms with Crippen molar-refractivity contribution >= 4 is 11.6 Å². The molecule has 1 heterocycles. The van der Waals surface area contributed by atoms with Gasteiger partial charge in [-0.25, -0.2) is 0 Å². The van der Waals surface area contributed by atoms with Crippen molar-refractivity contribution in [3.8, 4) is 5.75 Å². The summed E-state index contributed by atoms with van der Waals surface area (Å²) in [5.74, 6) is 0.292. The zero-order valence-electron chi connectivity index (χ0n) is 14.9. The first kappa shape index (κ1) is 19.1. The van der Waals surface area contributed by atoms with Crippen LogP contribution < -0.4 is 10.1 Å². The predicted octanol–water partition coefficient (Wildman–Crippen LogP) is 1.69. The van der Waals surface area contributed by atoms with Crippen LogP contribution in [-0.4, -0.2) is 61.7 Å². The number of nitrogens with zero attached hydrogens (tertiary/aromatic N) is 2. The van der Waals surface area contributed by atoms with Crippen molar-refractivity contribution in [1.29, 1.82) is 0 Å². The van der Waals surface area contributed by atoms with Crippen molar-refractivity contribution < 1.29 is 19.2 Å². The van der Waals surface area contributed by atoms with Crippen LogP contribution in [0.15, 0.2) is 18.2 Å². The van der Waals surface area contributed by atoms with Crippen molar-refractivity contribution in [2.24, 2.45) is 5.92 Å². The lowest BCUT2D eigenvalue weighted by atomic mass is 10.0. The number of carbonyl (C=O) groups excluding carboxylic acids is 1. The Labute approximate surface area is 147 Å². The minimum Gasteiger partial charge on any atom is -0.496 e. The third kappa shape index (κ3) is 4.90. The molecule has 1 fully saturated rings. The Balaban J connectivity index is 2.09. The lowest BCUT2D eigenvalue weighted by Gasteiger charge is -2.36. The van der Waals surface area contributed by atoms with Gasteiger partial charge in [0.1, 0.15) is 5.75 Å². The highest BCUT2D eigenvalue weighted by Crippen LogP contribution is 2.24. The highest BCUT2D eigenvalue weighted by atomic mass is 16.6. The summed E-state index contributed by atoms with van der Waals surface area (Å²) in [4.78, 5) is 25.3. The third-order valence-electron chi connectivity index (χ3n) is 4.39. The number of amides is 1. The van der Waals surface area contributed by atoms with Crippen molar-refractivity contribution in [1.82, 2.24) is 10.2 Å². The number of rotatable bonds is 7. The summed E-state index contributed by atoms with van der Waals surface area (Å²) < 4.78 is 10.5. The van der Waals surface area contributed by atoms with Crippen molar-refractivity contribution in [3.63, 3.8) is 0 Å². The van der Waals surface area contributed by atoms with Gasteiger partial charge < -0.3 is 14.8 Å². The highest BCUT2D eigenvalue weighted by molar-refractivity contribution is 5.97. The number of nitro groups is 1. The van der Waals surface area contributed by atoms with Crippen LogP contribution in [0, 0.1) is 16.0 Å². The number of methoxy groups -OCH3 is 1. The summed E-state index contributed by atoms with van der Waals surface area (Å²) in [6.45, 7) is 7.73. The normalized spacial score (nSPS) is 16.5. The number of carbonyl (C=O) groups is 1. The molecule has 1 amide bonds. The minimum atomic E-state index is -0.527.